The third kappa shape index (κ3) is 25.0. The molecule has 3 N–H and O–H groups in total. The Kier molecular flexibility index (Phi) is 21.1. The fourth-order valence-corrected chi connectivity index (χ4v) is 0.215. The SMILES string of the molecule is O.O=[PH]([O-])[O-].[Ca+2].c1cn[nH]c1. The van der Waals surface area contributed by atoms with Crippen molar-refractivity contribution in [3.05, 3.63) is 18.5 Å². The van der Waals surface area contributed by atoms with Gasteiger partial charge >= 0.3 is 37.7 Å². The molecule has 0 aliphatic rings. The summed E-state index contributed by atoms with van der Waals surface area (Å²) in [5.41, 5.74) is 0. The molecule has 0 aliphatic heterocycles. The summed E-state index contributed by atoms with van der Waals surface area (Å²) < 4.78 is 8.52. The van der Waals surface area contributed by atoms with Gasteiger partial charge in [-0.2, -0.15) is 5.10 Å². The van der Waals surface area contributed by atoms with Crippen molar-refractivity contribution in [2.45, 2.75) is 0 Å². The Bertz CT molecular complexity index is 137. The van der Waals surface area contributed by atoms with Crippen molar-refractivity contribution in [3.63, 3.8) is 0 Å². The summed E-state index contributed by atoms with van der Waals surface area (Å²) in [5.74, 6) is 0. The van der Waals surface area contributed by atoms with E-state index >= 15 is 0 Å². The molecule has 11 heavy (non-hydrogen) atoms. The van der Waals surface area contributed by atoms with Gasteiger partial charge in [0.1, 0.15) is 0 Å². The fraction of sp³-hybridized carbons (Fsp3) is 0. The first-order valence-electron chi connectivity index (χ1n) is 2.05. The van der Waals surface area contributed by atoms with Gasteiger partial charge in [-0.15, -0.1) is 0 Å². The Morgan fingerprint density at radius 3 is 2.00 bits per heavy atom. The maximum absolute atomic E-state index is 8.52. The molecule has 0 atom stereocenters. The molecular weight excluding hydrogens is 199 g/mol. The summed E-state index contributed by atoms with van der Waals surface area (Å²) >= 11 is 0. The fourth-order valence-electron chi connectivity index (χ4n) is 0.215. The van der Waals surface area contributed by atoms with Crippen LogP contribution in [0.25, 0.3) is 0 Å². The van der Waals surface area contributed by atoms with Gasteiger partial charge in [0.25, 0.3) is 0 Å². The zero-order chi connectivity index (χ0) is 7.11. The molecule has 0 fully saturated rings. The number of nitrogens with zero attached hydrogens (tertiary/aromatic N) is 1. The smallest absolute Gasteiger partial charge is 0.813 e. The number of hydrogen-bond acceptors (Lipinski definition) is 4. The van der Waals surface area contributed by atoms with Crippen LogP contribution in [0.5, 0.6) is 0 Å². The quantitative estimate of drug-likeness (QED) is 0.366. The molecule has 6 nitrogen and oxygen atoms in total. The summed E-state index contributed by atoms with van der Waals surface area (Å²) in [7, 11) is -3.63. The molecule has 1 rings (SSSR count). The minimum absolute atomic E-state index is 0. The summed E-state index contributed by atoms with van der Waals surface area (Å²) in [6, 6.07) is 1.83. The Labute approximate surface area is 93.9 Å². The van der Waals surface area contributed by atoms with Gasteiger partial charge in [-0.1, -0.05) is 8.25 Å². The van der Waals surface area contributed by atoms with Crippen molar-refractivity contribution in [2.24, 2.45) is 0 Å². The molecule has 0 radical (unpaired) electrons. The molecular formula is C3H7CaN2O4P. The van der Waals surface area contributed by atoms with Gasteiger partial charge in [0, 0.05) is 12.4 Å². The molecule has 0 bridgehead atoms. The van der Waals surface area contributed by atoms with Gasteiger partial charge in [0.2, 0.25) is 0 Å². The second-order valence-electron chi connectivity index (χ2n) is 1.02. The van der Waals surface area contributed by atoms with Gasteiger partial charge in [0.15, 0.2) is 0 Å². The largest absolute Gasteiger partial charge is 2.00 e. The number of aromatic amines is 1. The predicted octanol–water partition coefficient (Wildman–Crippen LogP) is -2.70. The number of hydrogen-bond donors (Lipinski definition) is 1. The maximum atomic E-state index is 8.52. The van der Waals surface area contributed by atoms with Crippen LogP contribution in [0, 0.1) is 0 Å². The Hall–Kier alpha value is 0.580. The molecule has 0 aromatic carbocycles. The molecule has 0 saturated carbocycles. The van der Waals surface area contributed by atoms with Crippen LogP contribution in [0.3, 0.4) is 0 Å². The average molecular weight is 206 g/mol. The first kappa shape index (κ1) is 17.6. The van der Waals surface area contributed by atoms with E-state index in [4.69, 9.17) is 14.4 Å². The van der Waals surface area contributed by atoms with E-state index in [9.17, 15) is 0 Å². The molecule has 1 aromatic rings. The Morgan fingerprint density at radius 1 is 1.45 bits per heavy atom. The Morgan fingerprint density at radius 2 is 1.91 bits per heavy atom. The van der Waals surface area contributed by atoms with E-state index in [-0.39, 0.29) is 43.2 Å². The zero-order valence-electron chi connectivity index (χ0n) is 5.61. The molecule has 1 aromatic heterocycles. The summed E-state index contributed by atoms with van der Waals surface area (Å²) in [6.07, 6.45) is 3.46. The van der Waals surface area contributed by atoms with Crippen LogP contribution in [0.15, 0.2) is 18.5 Å². The maximum Gasteiger partial charge on any atom is 2.00 e. The van der Waals surface area contributed by atoms with Crippen molar-refractivity contribution >= 4 is 46.0 Å². The van der Waals surface area contributed by atoms with E-state index in [1.165, 1.54) is 0 Å². The van der Waals surface area contributed by atoms with Gasteiger partial charge in [-0.3, -0.25) is 5.10 Å². The van der Waals surface area contributed by atoms with Gasteiger partial charge in [-0.05, 0) is 6.07 Å². The third-order valence-electron chi connectivity index (χ3n) is 0.406. The van der Waals surface area contributed by atoms with Crippen LogP contribution in [0.2, 0.25) is 0 Å². The van der Waals surface area contributed by atoms with E-state index in [1.54, 1.807) is 12.4 Å². The monoisotopic (exact) mass is 206 g/mol. The van der Waals surface area contributed by atoms with Gasteiger partial charge < -0.3 is 19.8 Å². The number of aromatic nitrogens is 2. The van der Waals surface area contributed by atoms with E-state index in [0.717, 1.165) is 0 Å². The van der Waals surface area contributed by atoms with E-state index < -0.39 is 8.25 Å². The van der Waals surface area contributed by atoms with Crippen molar-refractivity contribution in [2.75, 3.05) is 0 Å². The molecule has 1 heterocycles. The predicted molar refractivity (Wildman–Crippen MR) is 37.0 cm³/mol. The molecule has 8 heteroatoms. The minimum atomic E-state index is -3.63. The topological polar surface area (TPSA) is 123 Å². The summed E-state index contributed by atoms with van der Waals surface area (Å²) in [4.78, 5) is 17.0. The second kappa shape index (κ2) is 13.2. The third-order valence-corrected chi connectivity index (χ3v) is 0.406. The normalized spacial score (nSPS) is 6.82. The molecule has 0 saturated heterocycles. The molecule has 0 aliphatic carbocycles. The van der Waals surface area contributed by atoms with E-state index in [2.05, 4.69) is 10.2 Å². The van der Waals surface area contributed by atoms with Crippen LogP contribution in [0.1, 0.15) is 0 Å². The zero-order valence-corrected chi connectivity index (χ0v) is 8.82. The standard InChI is InChI=1S/C3H4N2.Ca.H3O3P.H2O/c1-2-4-5-3-1;;1-4(2)3;/h1-3H,(H,4,5);;4H,(H2,1,2,3);1H2/q;+2;;/p-2. The van der Waals surface area contributed by atoms with Crippen molar-refractivity contribution < 1.29 is 19.8 Å². The molecule has 60 valence electrons. The van der Waals surface area contributed by atoms with Crippen LogP contribution < -0.4 is 9.79 Å². The van der Waals surface area contributed by atoms with Gasteiger partial charge in [-0.25, -0.2) is 0 Å². The summed E-state index contributed by atoms with van der Waals surface area (Å²) in [5, 5.41) is 6.21. The van der Waals surface area contributed by atoms with Crippen molar-refractivity contribution in [1.82, 2.24) is 10.2 Å². The molecule has 0 unspecified atom stereocenters. The minimum Gasteiger partial charge on any atom is -0.813 e. The van der Waals surface area contributed by atoms with Crippen molar-refractivity contribution in [1.29, 1.82) is 0 Å². The second-order valence-corrected chi connectivity index (χ2v) is 1.52. The van der Waals surface area contributed by atoms with E-state index in [1.807, 2.05) is 6.07 Å². The Balaban J connectivity index is -0.000000101. The number of rotatable bonds is 0. The van der Waals surface area contributed by atoms with Gasteiger partial charge in [0.05, 0.1) is 0 Å². The first-order valence-corrected chi connectivity index (χ1v) is 3.27. The summed E-state index contributed by atoms with van der Waals surface area (Å²) in [6.45, 7) is 0. The van der Waals surface area contributed by atoms with Crippen molar-refractivity contribution in [3.8, 4) is 0 Å². The van der Waals surface area contributed by atoms with E-state index in [0.29, 0.717) is 0 Å². The van der Waals surface area contributed by atoms with Crippen LogP contribution >= 0.6 is 8.25 Å². The van der Waals surface area contributed by atoms with Crippen LogP contribution in [-0.2, 0) is 4.57 Å². The molecule has 0 amide bonds. The number of nitrogens with one attached hydrogen (secondary N) is 1. The van der Waals surface area contributed by atoms with Crippen LogP contribution in [0.4, 0.5) is 0 Å². The number of H-pyrrole nitrogens is 1. The van der Waals surface area contributed by atoms with Crippen LogP contribution in [-0.4, -0.2) is 53.4 Å². The first-order chi connectivity index (χ1) is 4.23. The average Bonchev–Trinajstić information content (AvgIpc) is 2.11. The molecule has 0 spiro atoms.